The fourth-order valence-electron chi connectivity index (χ4n) is 8.53. The maximum absolute atomic E-state index is 13.9. The Morgan fingerprint density at radius 1 is 0.817 bits per heavy atom. The van der Waals surface area contributed by atoms with E-state index in [9.17, 15) is 19.6 Å². The highest BCUT2D eigenvalue weighted by Gasteiger charge is 2.45. The van der Waals surface area contributed by atoms with Crippen molar-refractivity contribution < 1.29 is 37.6 Å². The van der Waals surface area contributed by atoms with Crippen molar-refractivity contribution in [2.75, 3.05) is 32.8 Å². The molecule has 0 radical (unpaired) electrons. The van der Waals surface area contributed by atoms with Gasteiger partial charge in [-0.15, -0.1) is 0 Å². The quantitative estimate of drug-likeness (QED) is 0.0354. The molecule has 2 N–H and O–H groups in total. The maximum Gasteiger partial charge on any atom is 0.351 e. The zero-order chi connectivity index (χ0) is 50.3. The molecule has 5 aromatic carbocycles. The Bertz CT molecular complexity index is 2700. The van der Waals surface area contributed by atoms with Crippen molar-refractivity contribution >= 4 is 26.2 Å². The number of methoxy groups -OCH3 is 2. The van der Waals surface area contributed by atoms with Crippen LogP contribution < -0.4 is 25.8 Å². The van der Waals surface area contributed by atoms with Gasteiger partial charge in [-0.2, -0.15) is 10.2 Å². The number of carbonyl (C=O) groups is 2. The van der Waals surface area contributed by atoms with Crippen LogP contribution in [0.25, 0.3) is 0 Å². The second-order valence-electron chi connectivity index (χ2n) is 17.5. The summed E-state index contributed by atoms with van der Waals surface area (Å²) in [4.78, 5) is 44.0. The van der Waals surface area contributed by atoms with Gasteiger partial charge in [0.2, 0.25) is 5.91 Å². The Hall–Kier alpha value is -6.76. The minimum absolute atomic E-state index is 0.00594. The van der Waals surface area contributed by atoms with Gasteiger partial charge in [0.25, 0.3) is 14.4 Å². The first-order valence-corrected chi connectivity index (χ1v) is 24.7. The number of nitrogens with zero attached hydrogens (tertiary/aromatic N) is 4. The van der Waals surface area contributed by atoms with Crippen LogP contribution in [-0.2, 0) is 41.9 Å². The van der Waals surface area contributed by atoms with E-state index in [1.807, 2.05) is 109 Å². The standard InChI is InChI=1S/C55H61N6O9P/c1-38(2)61(39(3)4)71(68-33-13-31-56)70-48-35-52(60-32-30-50(59-54(60)64)58-53(63)42-20-18-41(19-21-42)36-57-51(62)34-40-14-9-7-10-15-40)69-49(48)37-67-55(43-16-11-8-12-17-43,44-22-26-46(65-5)27-23-44)45-24-28-47(66-6)29-25-45/h7-12,14-30,32,38-39,48-49,52H,13,33-37H2,1-6H3,(H,57,62)(H,58,59,63,64). The summed E-state index contributed by atoms with van der Waals surface area (Å²) in [7, 11) is 1.51. The lowest BCUT2D eigenvalue weighted by Crippen LogP contribution is -2.39. The van der Waals surface area contributed by atoms with Crippen molar-refractivity contribution in [1.82, 2.24) is 19.5 Å². The number of ether oxygens (including phenoxy) is 4. The van der Waals surface area contributed by atoms with Crippen molar-refractivity contribution in [2.24, 2.45) is 0 Å². The van der Waals surface area contributed by atoms with Crippen molar-refractivity contribution in [3.8, 4) is 17.6 Å². The van der Waals surface area contributed by atoms with E-state index in [-0.39, 0.29) is 56.3 Å². The summed E-state index contributed by atoms with van der Waals surface area (Å²) in [5.74, 6) is 0.857. The lowest BCUT2D eigenvalue weighted by Gasteiger charge is -2.39. The molecule has 0 saturated carbocycles. The normalized spacial score (nSPS) is 16.1. The largest absolute Gasteiger partial charge is 0.497 e. The third-order valence-corrected chi connectivity index (χ3v) is 14.2. The number of amides is 2. The van der Waals surface area contributed by atoms with Crippen LogP contribution in [0.4, 0.5) is 5.82 Å². The van der Waals surface area contributed by atoms with Crippen LogP contribution >= 0.6 is 8.53 Å². The molecule has 1 aromatic heterocycles. The number of hydrogen-bond donors (Lipinski definition) is 2. The number of hydrogen-bond acceptors (Lipinski definition) is 12. The molecular weight excluding hydrogens is 920 g/mol. The average molecular weight is 981 g/mol. The first-order valence-electron chi connectivity index (χ1n) is 23.6. The number of benzene rings is 5. The monoisotopic (exact) mass is 980 g/mol. The summed E-state index contributed by atoms with van der Waals surface area (Å²) in [6.45, 7) is 8.72. The van der Waals surface area contributed by atoms with Crippen LogP contribution in [0.2, 0.25) is 0 Å². The van der Waals surface area contributed by atoms with Crippen LogP contribution in [0.5, 0.6) is 11.5 Å². The van der Waals surface area contributed by atoms with Gasteiger partial charge in [-0.05, 0) is 98.0 Å². The van der Waals surface area contributed by atoms with Crippen LogP contribution in [0.15, 0.2) is 151 Å². The van der Waals surface area contributed by atoms with Gasteiger partial charge in [0.05, 0.1) is 52.4 Å². The van der Waals surface area contributed by atoms with E-state index in [1.165, 1.54) is 4.57 Å². The molecule has 2 amide bonds. The molecule has 15 nitrogen and oxygen atoms in total. The maximum atomic E-state index is 13.9. The van der Waals surface area contributed by atoms with E-state index in [0.29, 0.717) is 23.6 Å². The molecule has 1 aliphatic rings. The molecule has 1 fully saturated rings. The average Bonchev–Trinajstić information content (AvgIpc) is 3.78. The highest BCUT2D eigenvalue weighted by molar-refractivity contribution is 7.44. The van der Waals surface area contributed by atoms with E-state index in [2.05, 4.69) is 54.1 Å². The topological polar surface area (TPSA) is 175 Å². The summed E-state index contributed by atoms with van der Waals surface area (Å²) in [5, 5.41) is 15.1. The predicted molar refractivity (Wildman–Crippen MR) is 272 cm³/mol. The summed E-state index contributed by atoms with van der Waals surface area (Å²) in [5.41, 5.74) is 2.76. The molecule has 7 rings (SSSR count). The third-order valence-electron chi connectivity index (χ3n) is 12.0. The van der Waals surface area contributed by atoms with Crippen LogP contribution in [-0.4, -0.2) is 77.8 Å². The van der Waals surface area contributed by atoms with Gasteiger partial charge in [-0.3, -0.25) is 14.2 Å². The smallest absolute Gasteiger partial charge is 0.351 e. The Morgan fingerprint density at radius 3 is 1.97 bits per heavy atom. The first kappa shape index (κ1) is 52.1. The van der Waals surface area contributed by atoms with Gasteiger partial charge in [-0.1, -0.05) is 97.1 Å². The molecule has 0 spiro atoms. The lowest BCUT2D eigenvalue weighted by molar-refractivity contribution is -0.120. The fourth-order valence-corrected chi connectivity index (χ4v) is 10.3. The molecule has 2 heterocycles. The summed E-state index contributed by atoms with van der Waals surface area (Å²) in [6.07, 6.45) is -0.0669. The predicted octanol–water partition coefficient (Wildman–Crippen LogP) is 9.33. The summed E-state index contributed by atoms with van der Waals surface area (Å²) in [6, 6.07) is 45.5. The zero-order valence-corrected chi connectivity index (χ0v) is 41.8. The fraction of sp³-hybridized carbons (Fsp3) is 0.327. The molecule has 16 heteroatoms. The Balaban J connectivity index is 1.15. The molecule has 4 atom stereocenters. The summed E-state index contributed by atoms with van der Waals surface area (Å²) >= 11 is 0. The summed E-state index contributed by atoms with van der Waals surface area (Å²) < 4.78 is 42.1. The van der Waals surface area contributed by atoms with Crippen molar-refractivity contribution in [1.29, 1.82) is 5.26 Å². The van der Waals surface area contributed by atoms with Gasteiger partial charge in [0, 0.05) is 36.8 Å². The number of aromatic nitrogens is 2. The van der Waals surface area contributed by atoms with Crippen LogP contribution in [0.1, 0.15) is 84.9 Å². The Morgan fingerprint density at radius 2 is 1.41 bits per heavy atom. The molecular formula is C55H61N6O9P. The van der Waals surface area contributed by atoms with Gasteiger partial charge in [-0.25, -0.2) is 9.46 Å². The van der Waals surface area contributed by atoms with Gasteiger partial charge >= 0.3 is 5.69 Å². The van der Waals surface area contributed by atoms with Crippen molar-refractivity contribution in [3.05, 3.63) is 190 Å². The molecule has 0 aliphatic carbocycles. The molecule has 1 saturated heterocycles. The molecule has 370 valence electrons. The van der Waals surface area contributed by atoms with E-state index in [1.54, 1.807) is 50.7 Å². The molecule has 1 aliphatic heterocycles. The molecule has 0 bridgehead atoms. The molecule has 71 heavy (non-hydrogen) atoms. The minimum atomic E-state index is -1.73. The second-order valence-corrected chi connectivity index (χ2v) is 18.9. The van der Waals surface area contributed by atoms with Crippen molar-refractivity contribution in [2.45, 2.75) is 89.6 Å². The molecule has 6 aromatic rings. The van der Waals surface area contributed by atoms with Gasteiger partial charge < -0.3 is 38.6 Å². The Labute approximate surface area is 416 Å². The number of rotatable bonds is 23. The highest BCUT2D eigenvalue weighted by Crippen LogP contribution is 2.51. The number of carbonyl (C=O) groups excluding carboxylic acids is 2. The van der Waals surface area contributed by atoms with Gasteiger partial charge in [0.1, 0.15) is 35.2 Å². The van der Waals surface area contributed by atoms with Crippen LogP contribution in [0, 0.1) is 11.3 Å². The van der Waals surface area contributed by atoms with E-state index >= 15 is 0 Å². The zero-order valence-electron chi connectivity index (χ0n) is 40.9. The number of nitrogens with one attached hydrogen (secondary N) is 2. The highest BCUT2D eigenvalue weighted by atomic mass is 31.2. The van der Waals surface area contributed by atoms with E-state index in [4.69, 9.17) is 28.0 Å². The van der Waals surface area contributed by atoms with Crippen molar-refractivity contribution in [3.63, 3.8) is 0 Å². The molecule has 4 unspecified atom stereocenters. The first-order chi connectivity index (χ1) is 34.4. The Kier molecular flexibility index (Phi) is 18.2. The second kappa shape index (κ2) is 24.9. The van der Waals surface area contributed by atoms with E-state index in [0.717, 1.165) is 27.8 Å². The minimum Gasteiger partial charge on any atom is -0.497 e. The van der Waals surface area contributed by atoms with E-state index < -0.39 is 44.2 Å². The SMILES string of the molecule is COc1ccc(C(OCC2OC(n3ccc(NC(=O)c4ccc(CNC(=O)Cc5ccccc5)cc4)nc3=O)CC2OP(OCCC#N)N(C(C)C)C(C)C)(c2ccccc2)c2ccc(OC)cc2)cc1. The number of anilines is 1. The van der Waals surface area contributed by atoms with Gasteiger partial charge in [0.15, 0.2) is 0 Å². The number of nitriles is 1. The lowest BCUT2D eigenvalue weighted by atomic mass is 9.80. The third kappa shape index (κ3) is 13.2. The van der Waals surface area contributed by atoms with Crippen LogP contribution in [0.3, 0.4) is 0 Å².